The van der Waals surface area contributed by atoms with Crippen molar-refractivity contribution in [2.75, 3.05) is 7.11 Å². The third-order valence-electron chi connectivity index (χ3n) is 4.52. The molecule has 5 nitrogen and oxygen atoms in total. The van der Waals surface area contributed by atoms with E-state index in [1.165, 1.54) is 25.3 Å². The maximum atomic E-state index is 14.4. The number of aryl methyl sites for hydroxylation is 1. The van der Waals surface area contributed by atoms with Crippen LogP contribution >= 0.6 is 23.1 Å². The minimum atomic E-state index is -4.77. The topological polar surface area (TPSA) is 68.7 Å². The van der Waals surface area contributed by atoms with Crippen molar-refractivity contribution < 1.29 is 41.3 Å². The summed E-state index contributed by atoms with van der Waals surface area (Å²) in [4.78, 5) is 9.56. The standard InChI is InChI=1S/C21H15ClF5NO4S/c1-31-16-8-11(3-4-13(16)22)18-12(20(33-28-18)21(25,26)27)9-32-19-14(23)6-10(7-15(19)24)2-5-17(29)30/h3-4,6-8H,2,5,9H2,1H3,(H,29,30). The highest BCUT2D eigenvalue weighted by atomic mass is 35.5. The largest absolute Gasteiger partial charge is 0.495 e. The third kappa shape index (κ3) is 5.72. The number of rotatable bonds is 8. The smallest absolute Gasteiger partial charge is 0.427 e. The maximum Gasteiger partial charge on any atom is 0.427 e. The van der Waals surface area contributed by atoms with Gasteiger partial charge in [0.2, 0.25) is 0 Å². The van der Waals surface area contributed by atoms with Gasteiger partial charge in [-0.05, 0) is 47.8 Å². The van der Waals surface area contributed by atoms with E-state index >= 15 is 0 Å². The Morgan fingerprint density at radius 2 is 1.85 bits per heavy atom. The summed E-state index contributed by atoms with van der Waals surface area (Å²) in [5.74, 6) is -4.15. The number of ether oxygens (including phenoxy) is 2. The molecule has 3 rings (SSSR count). The summed E-state index contributed by atoms with van der Waals surface area (Å²) in [6.07, 6.45) is -5.25. The lowest BCUT2D eigenvalue weighted by molar-refractivity contribution is -0.137. The van der Waals surface area contributed by atoms with Gasteiger partial charge in [-0.15, -0.1) is 0 Å². The van der Waals surface area contributed by atoms with Gasteiger partial charge in [-0.2, -0.15) is 17.5 Å². The molecule has 0 amide bonds. The highest BCUT2D eigenvalue weighted by Gasteiger charge is 2.38. The zero-order valence-electron chi connectivity index (χ0n) is 16.8. The van der Waals surface area contributed by atoms with Crippen LogP contribution in [0.2, 0.25) is 5.02 Å². The molecule has 0 spiro atoms. The normalized spacial score (nSPS) is 11.5. The van der Waals surface area contributed by atoms with Crippen molar-refractivity contribution in [1.82, 2.24) is 4.37 Å². The Hall–Kier alpha value is -2.92. The fourth-order valence-electron chi connectivity index (χ4n) is 2.99. The molecule has 1 aromatic heterocycles. The van der Waals surface area contributed by atoms with Crippen molar-refractivity contribution in [3.05, 3.63) is 63.0 Å². The zero-order valence-corrected chi connectivity index (χ0v) is 18.4. The van der Waals surface area contributed by atoms with Crippen molar-refractivity contribution in [2.45, 2.75) is 25.6 Å². The van der Waals surface area contributed by atoms with Gasteiger partial charge in [-0.1, -0.05) is 17.7 Å². The van der Waals surface area contributed by atoms with E-state index in [0.29, 0.717) is 0 Å². The molecule has 0 atom stereocenters. The molecule has 0 fully saturated rings. The molecule has 0 unspecified atom stereocenters. The average molecular weight is 508 g/mol. The molecular formula is C21H15ClF5NO4S. The van der Waals surface area contributed by atoms with E-state index in [4.69, 9.17) is 26.2 Å². The number of aliphatic carboxylic acids is 1. The zero-order chi connectivity index (χ0) is 24.3. The Bertz CT molecular complexity index is 1160. The fraction of sp³-hybridized carbons (Fsp3) is 0.238. The molecule has 0 saturated heterocycles. The van der Waals surface area contributed by atoms with Crippen molar-refractivity contribution in [3.63, 3.8) is 0 Å². The number of halogens is 6. The number of carboxylic acids is 1. The number of alkyl halides is 3. The second kappa shape index (κ2) is 9.92. The van der Waals surface area contributed by atoms with Crippen LogP contribution in [0.25, 0.3) is 11.3 Å². The van der Waals surface area contributed by atoms with Gasteiger partial charge in [0.25, 0.3) is 0 Å². The monoisotopic (exact) mass is 507 g/mol. The van der Waals surface area contributed by atoms with Crippen molar-refractivity contribution in [2.24, 2.45) is 0 Å². The lowest BCUT2D eigenvalue weighted by Gasteiger charge is -2.13. The van der Waals surface area contributed by atoms with Crippen molar-refractivity contribution >= 4 is 29.1 Å². The molecule has 1 N–H and O–H groups in total. The van der Waals surface area contributed by atoms with E-state index in [1.807, 2.05) is 0 Å². The quantitative estimate of drug-likeness (QED) is 0.359. The van der Waals surface area contributed by atoms with Gasteiger partial charge in [0.1, 0.15) is 17.2 Å². The van der Waals surface area contributed by atoms with Gasteiger partial charge in [-0.3, -0.25) is 4.79 Å². The lowest BCUT2D eigenvalue weighted by atomic mass is 10.1. The van der Waals surface area contributed by atoms with Crippen LogP contribution in [-0.2, 0) is 24.0 Å². The van der Waals surface area contributed by atoms with E-state index in [9.17, 15) is 26.7 Å². The molecule has 0 saturated carbocycles. The molecule has 2 aromatic carbocycles. The Morgan fingerprint density at radius 3 is 2.42 bits per heavy atom. The number of carboxylic acid groups (broad SMARTS) is 1. The van der Waals surface area contributed by atoms with Gasteiger partial charge in [0.15, 0.2) is 17.4 Å². The molecule has 0 aliphatic heterocycles. The minimum Gasteiger partial charge on any atom is -0.495 e. The van der Waals surface area contributed by atoms with Gasteiger partial charge in [0.05, 0.1) is 17.8 Å². The van der Waals surface area contributed by atoms with Crippen molar-refractivity contribution in [1.29, 1.82) is 0 Å². The molecule has 1 heterocycles. The summed E-state index contributed by atoms with van der Waals surface area (Å²) in [6, 6.07) is 6.00. The predicted octanol–water partition coefficient (Wildman–Crippen LogP) is 6.37. The first-order valence-corrected chi connectivity index (χ1v) is 10.4. The van der Waals surface area contributed by atoms with Gasteiger partial charge < -0.3 is 14.6 Å². The van der Waals surface area contributed by atoms with E-state index in [1.54, 1.807) is 0 Å². The Balaban J connectivity index is 1.95. The predicted molar refractivity (Wildman–Crippen MR) is 111 cm³/mol. The molecule has 0 bridgehead atoms. The van der Waals surface area contributed by atoms with Crippen LogP contribution in [0.1, 0.15) is 22.4 Å². The van der Waals surface area contributed by atoms with E-state index in [-0.39, 0.29) is 52.0 Å². The second-order valence-corrected chi connectivity index (χ2v) is 7.94. The summed E-state index contributed by atoms with van der Waals surface area (Å²) in [5.41, 5.74) is -0.194. The Morgan fingerprint density at radius 1 is 1.18 bits per heavy atom. The van der Waals surface area contributed by atoms with E-state index in [0.717, 1.165) is 12.1 Å². The second-order valence-electron chi connectivity index (χ2n) is 6.76. The molecule has 0 aliphatic rings. The van der Waals surface area contributed by atoms with Crippen LogP contribution in [0.15, 0.2) is 30.3 Å². The molecular weight excluding hydrogens is 493 g/mol. The minimum absolute atomic E-state index is 0.0712. The van der Waals surface area contributed by atoms with Gasteiger partial charge >= 0.3 is 12.1 Å². The highest BCUT2D eigenvalue weighted by molar-refractivity contribution is 7.06. The maximum absolute atomic E-state index is 14.4. The first kappa shape index (κ1) is 24.7. The molecule has 3 aromatic rings. The van der Waals surface area contributed by atoms with Crippen LogP contribution in [0, 0.1) is 11.6 Å². The summed E-state index contributed by atoms with van der Waals surface area (Å²) in [5, 5.41) is 8.93. The number of nitrogens with zero attached hydrogens (tertiary/aromatic N) is 1. The van der Waals surface area contributed by atoms with Crippen LogP contribution in [0.3, 0.4) is 0 Å². The third-order valence-corrected chi connectivity index (χ3v) is 5.76. The number of hydrogen-bond acceptors (Lipinski definition) is 5. The number of methoxy groups -OCH3 is 1. The average Bonchev–Trinajstić information content (AvgIpc) is 3.16. The van der Waals surface area contributed by atoms with Gasteiger partial charge in [-0.25, -0.2) is 8.78 Å². The van der Waals surface area contributed by atoms with Gasteiger partial charge in [0, 0.05) is 17.5 Å². The molecule has 0 radical (unpaired) electrons. The van der Waals surface area contributed by atoms with Crippen molar-refractivity contribution in [3.8, 4) is 22.8 Å². The van der Waals surface area contributed by atoms with Crippen LogP contribution in [0.5, 0.6) is 11.5 Å². The molecule has 12 heteroatoms. The van der Waals surface area contributed by atoms with E-state index in [2.05, 4.69) is 4.37 Å². The number of benzene rings is 2. The summed E-state index contributed by atoms with van der Waals surface area (Å²) >= 11 is 6.15. The lowest BCUT2D eigenvalue weighted by Crippen LogP contribution is -2.09. The van der Waals surface area contributed by atoms with E-state index < -0.39 is 46.6 Å². The summed E-state index contributed by atoms with van der Waals surface area (Å²) in [6.45, 7) is -0.825. The molecule has 33 heavy (non-hydrogen) atoms. The van der Waals surface area contributed by atoms with Crippen LogP contribution in [0.4, 0.5) is 22.0 Å². The molecule has 0 aliphatic carbocycles. The molecule has 176 valence electrons. The Kier molecular flexibility index (Phi) is 7.43. The number of hydrogen-bond donors (Lipinski definition) is 1. The first-order valence-electron chi connectivity index (χ1n) is 9.23. The number of carbonyl (C=O) groups is 1. The Labute approximate surface area is 193 Å². The van der Waals surface area contributed by atoms with Crippen LogP contribution in [-0.4, -0.2) is 22.6 Å². The first-order chi connectivity index (χ1) is 15.5. The SMILES string of the molecule is COc1cc(-c2nsc(C(F)(F)F)c2COc2c(F)cc(CCC(=O)O)cc2F)ccc1Cl. The summed E-state index contributed by atoms with van der Waals surface area (Å²) < 4.78 is 83.5. The highest BCUT2D eigenvalue weighted by Crippen LogP contribution is 2.41. The summed E-state index contributed by atoms with van der Waals surface area (Å²) in [7, 11) is 1.34. The number of aromatic nitrogens is 1. The van der Waals surface area contributed by atoms with Crippen LogP contribution < -0.4 is 9.47 Å². The fourth-order valence-corrected chi connectivity index (χ4v) is 3.95.